The molecule has 1 rings (SSSR count). The lowest BCUT2D eigenvalue weighted by atomic mass is 9.89. The van der Waals surface area contributed by atoms with Gasteiger partial charge in [0.05, 0.1) is 0 Å². The normalized spacial score (nSPS) is 13.1. The Bertz CT molecular complexity index is 556. The van der Waals surface area contributed by atoms with Gasteiger partial charge in [0.1, 0.15) is 4.90 Å². The number of hydrogen-bond acceptors (Lipinski definition) is 3. The number of aromatic nitrogens is 1. The Morgan fingerprint density at radius 3 is 2.21 bits per heavy atom. The van der Waals surface area contributed by atoms with Crippen LogP contribution in [0.5, 0.6) is 5.88 Å². The van der Waals surface area contributed by atoms with E-state index in [1.54, 1.807) is 0 Å². The van der Waals surface area contributed by atoms with E-state index in [-0.39, 0.29) is 10.3 Å². The third-order valence-electron chi connectivity index (χ3n) is 2.77. The monoisotopic (exact) mass is 304 g/mol. The summed E-state index contributed by atoms with van der Waals surface area (Å²) >= 11 is 0. The van der Waals surface area contributed by atoms with E-state index in [1.807, 2.05) is 51.6 Å². The van der Waals surface area contributed by atoms with E-state index in [4.69, 9.17) is 9.56 Å². The Labute approximate surface area is 117 Å². The van der Waals surface area contributed by atoms with Crippen molar-refractivity contribution in [3.05, 3.63) is 11.8 Å². The molecule has 1 aromatic rings. The molecule has 0 aliphatic rings. The standard InChI is InChI=1S/C12H24N2O3SSi/c1-7-14-8-9(12(2,3)4)10(18(13,15)16)11(14)17-19(5)6/h8,19H,7H2,1-6H3,(H2,13,15,16). The summed E-state index contributed by atoms with van der Waals surface area (Å²) in [5, 5.41) is 5.39. The van der Waals surface area contributed by atoms with Crippen LogP contribution in [0.15, 0.2) is 11.1 Å². The fourth-order valence-corrected chi connectivity index (χ4v) is 3.77. The Balaban J connectivity index is 3.64. The van der Waals surface area contributed by atoms with Gasteiger partial charge >= 0.3 is 0 Å². The van der Waals surface area contributed by atoms with Gasteiger partial charge in [0.15, 0.2) is 0 Å². The second-order valence-electron chi connectivity index (χ2n) is 5.92. The molecule has 0 fully saturated rings. The Morgan fingerprint density at radius 2 is 1.89 bits per heavy atom. The molecule has 0 atom stereocenters. The van der Waals surface area contributed by atoms with Crippen LogP contribution in [-0.4, -0.2) is 22.0 Å². The van der Waals surface area contributed by atoms with Crippen molar-refractivity contribution in [2.24, 2.45) is 5.14 Å². The molecule has 0 unspecified atom stereocenters. The predicted molar refractivity (Wildman–Crippen MR) is 79.7 cm³/mol. The molecule has 0 saturated carbocycles. The number of aryl methyl sites for hydroxylation is 1. The highest BCUT2D eigenvalue weighted by Crippen LogP contribution is 2.37. The largest absolute Gasteiger partial charge is 0.534 e. The molecule has 0 aliphatic heterocycles. The maximum absolute atomic E-state index is 11.9. The van der Waals surface area contributed by atoms with E-state index in [0.717, 1.165) is 0 Å². The third-order valence-corrected chi connectivity index (χ3v) is 4.42. The van der Waals surface area contributed by atoms with Gasteiger partial charge in [-0.2, -0.15) is 0 Å². The molecule has 19 heavy (non-hydrogen) atoms. The Kier molecular flexibility index (Phi) is 4.53. The number of primary sulfonamides is 1. The highest BCUT2D eigenvalue weighted by atomic mass is 32.2. The highest BCUT2D eigenvalue weighted by Gasteiger charge is 2.31. The summed E-state index contributed by atoms with van der Waals surface area (Å²) in [6, 6.07) is 0. The van der Waals surface area contributed by atoms with E-state index in [9.17, 15) is 8.42 Å². The first-order valence-electron chi connectivity index (χ1n) is 6.41. The first-order valence-corrected chi connectivity index (χ1v) is 10.7. The van der Waals surface area contributed by atoms with Crippen LogP contribution in [0.3, 0.4) is 0 Å². The quantitative estimate of drug-likeness (QED) is 0.862. The molecule has 5 nitrogen and oxygen atoms in total. The van der Waals surface area contributed by atoms with E-state index in [2.05, 4.69) is 0 Å². The average molecular weight is 304 g/mol. The lowest BCUT2D eigenvalue weighted by Crippen LogP contribution is -2.22. The number of sulfonamides is 1. The molecule has 0 radical (unpaired) electrons. The van der Waals surface area contributed by atoms with Crippen LogP contribution in [-0.2, 0) is 22.0 Å². The molecule has 7 heteroatoms. The average Bonchev–Trinajstić information content (AvgIpc) is 2.54. The number of nitrogens with two attached hydrogens (primary N) is 1. The van der Waals surface area contributed by atoms with Crippen LogP contribution in [0, 0.1) is 0 Å². The fourth-order valence-electron chi connectivity index (χ4n) is 1.91. The van der Waals surface area contributed by atoms with Crippen LogP contribution in [0.4, 0.5) is 0 Å². The summed E-state index contributed by atoms with van der Waals surface area (Å²) in [6.07, 6.45) is 1.84. The van der Waals surface area contributed by atoms with Gasteiger partial charge in [0.25, 0.3) is 0 Å². The summed E-state index contributed by atoms with van der Waals surface area (Å²) in [6.45, 7) is 12.5. The van der Waals surface area contributed by atoms with Crippen molar-refractivity contribution in [1.29, 1.82) is 0 Å². The van der Waals surface area contributed by atoms with E-state index in [1.165, 1.54) is 0 Å². The van der Waals surface area contributed by atoms with Gasteiger partial charge in [0.2, 0.25) is 24.9 Å². The van der Waals surface area contributed by atoms with Gasteiger partial charge in [-0.15, -0.1) is 0 Å². The minimum absolute atomic E-state index is 0.142. The van der Waals surface area contributed by atoms with Gasteiger partial charge in [-0.25, -0.2) is 13.6 Å². The minimum atomic E-state index is -3.81. The molecule has 0 spiro atoms. The highest BCUT2D eigenvalue weighted by molar-refractivity contribution is 7.89. The Morgan fingerprint density at radius 1 is 1.37 bits per heavy atom. The summed E-state index contributed by atoms with van der Waals surface area (Å²) in [5.41, 5.74) is 0.403. The molecular weight excluding hydrogens is 280 g/mol. The molecular formula is C12H24N2O3SSi. The predicted octanol–water partition coefficient (Wildman–Crippen LogP) is 1.82. The summed E-state index contributed by atoms with van der Waals surface area (Å²) in [4.78, 5) is 0.142. The van der Waals surface area contributed by atoms with Crippen molar-refractivity contribution in [3.63, 3.8) is 0 Å². The molecule has 0 aliphatic carbocycles. The minimum Gasteiger partial charge on any atom is -0.534 e. The second-order valence-corrected chi connectivity index (χ2v) is 9.76. The Hall–Kier alpha value is -0.793. The topological polar surface area (TPSA) is 74.3 Å². The lowest BCUT2D eigenvalue weighted by molar-refractivity contribution is 0.490. The van der Waals surface area contributed by atoms with Gasteiger partial charge in [-0.1, -0.05) is 20.8 Å². The molecule has 0 aromatic carbocycles. The van der Waals surface area contributed by atoms with Crippen molar-refractivity contribution in [3.8, 4) is 5.88 Å². The molecule has 110 valence electrons. The molecule has 0 saturated heterocycles. The number of rotatable bonds is 4. The smallest absolute Gasteiger partial charge is 0.243 e. The third kappa shape index (κ3) is 3.61. The van der Waals surface area contributed by atoms with Crippen molar-refractivity contribution < 1.29 is 12.8 Å². The first kappa shape index (κ1) is 16.3. The molecule has 0 amide bonds. The fraction of sp³-hybridized carbons (Fsp3) is 0.667. The van der Waals surface area contributed by atoms with Gasteiger partial charge in [-0.3, -0.25) is 0 Å². The van der Waals surface area contributed by atoms with E-state index in [0.29, 0.717) is 18.0 Å². The van der Waals surface area contributed by atoms with Crippen molar-refractivity contribution in [2.45, 2.75) is 57.6 Å². The van der Waals surface area contributed by atoms with Gasteiger partial charge in [-0.05, 0) is 31.0 Å². The van der Waals surface area contributed by atoms with Crippen molar-refractivity contribution in [2.75, 3.05) is 0 Å². The summed E-state index contributed by atoms with van der Waals surface area (Å²) < 4.78 is 31.5. The van der Waals surface area contributed by atoms with Crippen LogP contribution in [0.25, 0.3) is 0 Å². The van der Waals surface area contributed by atoms with Crippen molar-refractivity contribution >= 4 is 19.1 Å². The maximum atomic E-state index is 11.9. The van der Waals surface area contributed by atoms with Crippen LogP contribution in [0.2, 0.25) is 13.1 Å². The van der Waals surface area contributed by atoms with Crippen LogP contribution in [0.1, 0.15) is 33.3 Å². The second kappa shape index (κ2) is 5.30. The van der Waals surface area contributed by atoms with Crippen molar-refractivity contribution in [1.82, 2.24) is 4.57 Å². The van der Waals surface area contributed by atoms with E-state index < -0.39 is 19.1 Å². The molecule has 0 bridgehead atoms. The zero-order valence-corrected chi connectivity index (χ0v) is 14.5. The number of nitrogens with zero attached hydrogens (tertiary/aromatic N) is 1. The molecule has 1 heterocycles. The summed E-state index contributed by atoms with van der Waals surface area (Å²) in [7, 11) is -5.23. The van der Waals surface area contributed by atoms with Gasteiger partial charge in [0, 0.05) is 12.7 Å². The SMILES string of the molecule is CCn1cc(C(C)(C)C)c(S(N)(=O)=O)c1O[SiH](C)C. The number of hydrogen-bond donors (Lipinski definition) is 1. The van der Waals surface area contributed by atoms with Gasteiger partial charge < -0.3 is 8.99 Å². The lowest BCUT2D eigenvalue weighted by Gasteiger charge is -2.19. The molecule has 2 N–H and O–H groups in total. The first-order chi connectivity index (χ1) is 8.48. The zero-order valence-electron chi connectivity index (χ0n) is 12.5. The molecule has 1 aromatic heterocycles. The van der Waals surface area contributed by atoms with Crippen LogP contribution >= 0.6 is 0 Å². The van der Waals surface area contributed by atoms with Crippen LogP contribution < -0.4 is 9.56 Å². The zero-order chi connectivity index (χ0) is 15.0. The summed E-state index contributed by atoms with van der Waals surface area (Å²) in [5.74, 6) is 0.400. The maximum Gasteiger partial charge on any atom is 0.243 e. The van der Waals surface area contributed by atoms with E-state index >= 15 is 0 Å².